The summed E-state index contributed by atoms with van der Waals surface area (Å²) in [6.45, 7) is 0.499. The summed E-state index contributed by atoms with van der Waals surface area (Å²) in [5, 5.41) is 11.7. The Morgan fingerprint density at radius 3 is 2.40 bits per heavy atom. The number of nitrogens with zero attached hydrogens (tertiary/aromatic N) is 4. The van der Waals surface area contributed by atoms with Crippen molar-refractivity contribution in [2.24, 2.45) is 0 Å². The number of aromatic nitrogens is 4. The van der Waals surface area contributed by atoms with E-state index < -0.39 is 0 Å². The molecule has 6 heteroatoms. The molecular formula is C14H10BrFN4. The van der Waals surface area contributed by atoms with Crippen LogP contribution in [0, 0.1) is 5.82 Å². The summed E-state index contributed by atoms with van der Waals surface area (Å²) in [6, 6.07) is 14.1. The normalized spacial score (nSPS) is 10.7. The molecule has 0 saturated carbocycles. The predicted octanol–water partition coefficient (Wildman–Crippen LogP) is 3.29. The highest BCUT2D eigenvalue weighted by atomic mass is 79.9. The lowest BCUT2D eigenvalue weighted by atomic mass is 10.2. The van der Waals surface area contributed by atoms with Gasteiger partial charge in [0.1, 0.15) is 5.82 Å². The second-order valence-corrected chi connectivity index (χ2v) is 5.21. The highest BCUT2D eigenvalue weighted by Gasteiger charge is 2.09. The molecule has 0 radical (unpaired) electrons. The maximum atomic E-state index is 12.9. The van der Waals surface area contributed by atoms with E-state index in [1.807, 2.05) is 24.3 Å². The van der Waals surface area contributed by atoms with Gasteiger partial charge in [-0.15, -0.1) is 5.10 Å². The first-order valence-corrected chi connectivity index (χ1v) is 6.78. The zero-order chi connectivity index (χ0) is 13.9. The highest BCUT2D eigenvalue weighted by molar-refractivity contribution is 9.10. The molecule has 2 aromatic carbocycles. The van der Waals surface area contributed by atoms with Crippen molar-refractivity contribution < 1.29 is 4.39 Å². The molecule has 0 N–H and O–H groups in total. The van der Waals surface area contributed by atoms with Gasteiger partial charge in [-0.25, -0.2) is 9.07 Å². The average molecular weight is 333 g/mol. The van der Waals surface area contributed by atoms with Crippen LogP contribution in [0.2, 0.25) is 0 Å². The summed E-state index contributed by atoms with van der Waals surface area (Å²) in [4.78, 5) is 0. The molecule has 0 aliphatic rings. The minimum atomic E-state index is -0.251. The van der Waals surface area contributed by atoms with E-state index in [9.17, 15) is 4.39 Å². The third-order valence-corrected chi connectivity index (χ3v) is 3.41. The fraction of sp³-hybridized carbons (Fsp3) is 0.0714. The lowest BCUT2D eigenvalue weighted by Gasteiger charge is -2.05. The van der Waals surface area contributed by atoms with Crippen molar-refractivity contribution in [1.82, 2.24) is 20.2 Å². The van der Waals surface area contributed by atoms with Gasteiger partial charge in [0.05, 0.1) is 6.54 Å². The molecule has 0 atom stereocenters. The summed E-state index contributed by atoms with van der Waals surface area (Å²) in [6.07, 6.45) is 0. The van der Waals surface area contributed by atoms with E-state index in [-0.39, 0.29) is 5.82 Å². The Labute approximate surface area is 123 Å². The van der Waals surface area contributed by atoms with Crippen LogP contribution in [0.4, 0.5) is 4.39 Å². The lowest BCUT2D eigenvalue weighted by molar-refractivity contribution is 0.622. The standard InChI is InChI=1S/C14H10BrFN4/c15-12-5-3-11(4-6-12)14-17-18-19-20(14)9-10-1-7-13(16)8-2-10/h1-8H,9H2. The zero-order valence-corrected chi connectivity index (χ0v) is 12.0. The van der Waals surface area contributed by atoms with Crippen LogP contribution in [0.15, 0.2) is 53.0 Å². The highest BCUT2D eigenvalue weighted by Crippen LogP contribution is 2.19. The second kappa shape index (κ2) is 5.50. The summed E-state index contributed by atoms with van der Waals surface area (Å²) in [5.74, 6) is 0.431. The van der Waals surface area contributed by atoms with Gasteiger partial charge in [-0.3, -0.25) is 0 Å². The number of hydrogen-bond donors (Lipinski definition) is 0. The first-order valence-electron chi connectivity index (χ1n) is 5.99. The number of tetrazole rings is 1. The van der Waals surface area contributed by atoms with E-state index in [0.717, 1.165) is 15.6 Å². The fourth-order valence-corrected chi connectivity index (χ4v) is 2.14. The quantitative estimate of drug-likeness (QED) is 0.739. The summed E-state index contributed by atoms with van der Waals surface area (Å²) in [7, 11) is 0. The van der Waals surface area contributed by atoms with Gasteiger partial charge in [-0.05, 0) is 40.3 Å². The van der Waals surface area contributed by atoms with Crippen LogP contribution in [0.25, 0.3) is 11.4 Å². The number of rotatable bonds is 3. The van der Waals surface area contributed by atoms with Crippen LogP contribution in [-0.2, 0) is 6.54 Å². The SMILES string of the molecule is Fc1ccc(Cn2nnnc2-c2ccc(Br)cc2)cc1. The molecule has 0 aliphatic heterocycles. The van der Waals surface area contributed by atoms with E-state index in [2.05, 4.69) is 31.5 Å². The van der Waals surface area contributed by atoms with Crippen LogP contribution in [0.5, 0.6) is 0 Å². The smallest absolute Gasteiger partial charge is 0.182 e. The van der Waals surface area contributed by atoms with Gasteiger partial charge in [-0.2, -0.15) is 0 Å². The van der Waals surface area contributed by atoms with Gasteiger partial charge >= 0.3 is 0 Å². The van der Waals surface area contributed by atoms with Gasteiger partial charge in [-0.1, -0.05) is 40.2 Å². The minimum absolute atomic E-state index is 0.251. The van der Waals surface area contributed by atoms with Crippen LogP contribution in [-0.4, -0.2) is 20.2 Å². The monoisotopic (exact) mass is 332 g/mol. The van der Waals surface area contributed by atoms with Crippen LogP contribution in [0.3, 0.4) is 0 Å². The Morgan fingerprint density at radius 2 is 1.70 bits per heavy atom. The zero-order valence-electron chi connectivity index (χ0n) is 10.4. The van der Waals surface area contributed by atoms with Gasteiger partial charge < -0.3 is 0 Å². The van der Waals surface area contributed by atoms with Gasteiger partial charge in [0, 0.05) is 10.0 Å². The molecule has 20 heavy (non-hydrogen) atoms. The molecule has 100 valence electrons. The van der Waals surface area contributed by atoms with Crippen LogP contribution >= 0.6 is 15.9 Å². The average Bonchev–Trinajstić information content (AvgIpc) is 2.90. The van der Waals surface area contributed by atoms with Crippen molar-refractivity contribution >= 4 is 15.9 Å². The molecule has 3 aromatic rings. The Hall–Kier alpha value is -2.08. The Morgan fingerprint density at radius 1 is 1.00 bits per heavy atom. The minimum Gasteiger partial charge on any atom is -0.221 e. The maximum Gasteiger partial charge on any atom is 0.182 e. The first kappa shape index (κ1) is 12.9. The molecular weight excluding hydrogens is 323 g/mol. The molecule has 0 amide bonds. The Bertz CT molecular complexity index is 707. The molecule has 0 spiro atoms. The largest absolute Gasteiger partial charge is 0.221 e. The number of halogens is 2. The molecule has 3 rings (SSSR count). The van der Waals surface area contributed by atoms with E-state index in [0.29, 0.717) is 12.4 Å². The van der Waals surface area contributed by atoms with Crippen molar-refractivity contribution in [1.29, 1.82) is 0 Å². The van der Waals surface area contributed by atoms with Gasteiger partial charge in [0.25, 0.3) is 0 Å². The Balaban J connectivity index is 1.90. The third kappa shape index (κ3) is 2.75. The van der Waals surface area contributed by atoms with Gasteiger partial charge in [0.15, 0.2) is 5.82 Å². The van der Waals surface area contributed by atoms with Crippen molar-refractivity contribution in [3.8, 4) is 11.4 Å². The predicted molar refractivity (Wildman–Crippen MR) is 76.5 cm³/mol. The number of benzene rings is 2. The fourth-order valence-electron chi connectivity index (χ4n) is 1.88. The third-order valence-electron chi connectivity index (χ3n) is 2.88. The molecule has 0 bridgehead atoms. The molecule has 1 aromatic heterocycles. The van der Waals surface area contributed by atoms with E-state index in [1.54, 1.807) is 16.8 Å². The van der Waals surface area contributed by atoms with Crippen LogP contribution in [0.1, 0.15) is 5.56 Å². The molecule has 1 heterocycles. The lowest BCUT2D eigenvalue weighted by Crippen LogP contribution is -2.04. The second-order valence-electron chi connectivity index (χ2n) is 4.29. The van der Waals surface area contributed by atoms with E-state index in [1.165, 1.54) is 12.1 Å². The molecule has 4 nitrogen and oxygen atoms in total. The summed E-state index contributed by atoms with van der Waals surface area (Å²) in [5.41, 5.74) is 1.87. The van der Waals surface area contributed by atoms with Crippen molar-refractivity contribution in [3.63, 3.8) is 0 Å². The van der Waals surface area contributed by atoms with Crippen molar-refractivity contribution in [2.45, 2.75) is 6.54 Å². The Kier molecular flexibility index (Phi) is 3.56. The molecule has 0 unspecified atom stereocenters. The van der Waals surface area contributed by atoms with Gasteiger partial charge in [0.2, 0.25) is 0 Å². The molecule has 0 aliphatic carbocycles. The number of hydrogen-bond acceptors (Lipinski definition) is 3. The van der Waals surface area contributed by atoms with Crippen molar-refractivity contribution in [2.75, 3.05) is 0 Å². The molecule has 0 saturated heterocycles. The summed E-state index contributed by atoms with van der Waals surface area (Å²) < 4.78 is 15.6. The summed E-state index contributed by atoms with van der Waals surface area (Å²) >= 11 is 3.39. The maximum absolute atomic E-state index is 12.9. The van der Waals surface area contributed by atoms with Crippen molar-refractivity contribution in [3.05, 3.63) is 64.4 Å². The van der Waals surface area contributed by atoms with E-state index >= 15 is 0 Å². The van der Waals surface area contributed by atoms with Crippen LogP contribution < -0.4 is 0 Å². The van der Waals surface area contributed by atoms with E-state index in [4.69, 9.17) is 0 Å². The topological polar surface area (TPSA) is 43.6 Å². The first-order chi connectivity index (χ1) is 9.72. The molecule has 0 fully saturated rings.